The molecule has 2 N–H and O–H groups in total. The van der Waals surface area contributed by atoms with Crippen molar-refractivity contribution in [2.45, 2.75) is 25.8 Å². The lowest BCUT2D eigenvalue weighted by Gasteiger charge is -2.33. The minimum absolute atomic E-state index is 0.0345. The number of nitrogens with zero attached hydrogens (tertiary/aromatic N) is 3. The summed E-state index contributed by atoms with van der Waals surface area (Å²) in [6.07, 6.45) is 4.75. The molecule has 8 heteroatoms. The molecule has 1 aliphatic heterocycles. The van der Waals surface area contributed by atoms with Gasteiger partial charge >= 0.3 is 0 Å². The molecule has 25 heavy (non-hydrogen) atoms. The number of rotatable bonds is 5. The van der Waals surface area contributed by atoms with E-state index in [2.05, 4.69) is 20.6 Å². The van der Waals surface area contributed by atoms with Gasteiger partial charge < -0.3 is 15.5 Å². The monoisotopic (exact) mass is 359 g/mol. The van der Waals surface area contributed by atoms with Crippen LogP contribution in [0.4, 0.5) is 5.95 Å². The zero-order chi connectivity index (χ0) is 17.6. The van der Waals surface area contributed by atoms with Crippen LogP contribution in [0.1, 0.15) is 39.8 Å². The number of carbonyl (C=O) groups is 2. The quantitative estimate of drug-likeness (QED) is 0.853. The summed E-state index contributed by atoms with van der Waals surface area (Å²) in [4.78, 5) is 35.6. The molecular weight excluding hydrogens is 338 g/mol. The second kappa shape index (κ2) is 8.06. The summed E-state index contributed by atoms with van der Waals surface area (Å²) < 4.78 is 0. The Morgan fingerprint density at radius 2 is 2.16 bits per heavy atom. The van der Waals surface area contributed by atoms with Gasteiger partial charge in [-0.05, 0) is 31.2 Å². The molecule has 0 saturated carbocycles. The summed E-state index contributed by atoms with van der Waals surface area (Å²) in [5, 5.41) is 7.87. The SMILES string of the molecule is CCNc1ncc(C(=O)N[C@@H]2CCCN(C(=O)c3cccs3)C2)cn1. The van der Waals surface area contributed by atoms with Crippen LogP contribution in [0.15, 0.2) is 29.9 Å². The van der Waals surface area contributed by atoms with Crippen LogP contribution in [0.5, 0.6) is 0 Å². The molecule has 2 aromatic rings. The average Bonchev–Trinajstić information content (AvgIpc) is 3.17. The normalized spacial score (nSPS) is 17.2. The van der Waals surface area contributed by atoms with Crippen LogP contribution in [0, 0.1) is 0 Å². The van der Waals surface area contributed by atoms with Crippen LogP contribution in [-0.4, -0.2) is 52.4 Å². The molecule has 0 unspecified atom stereocenters. The van der Waals surface area contributed by atoms with Gasteiger partial charge in [0, 0.05) is 38.1 Å². The Hall–Kier alpha value is -2.48. The minimum atomic E-state index is -0.210. The van der Waals surface area contributed by atoms with Crippen LogP contribution in [0.25, 0.3) is 0 Å². The van der Waals surface area contributed by atoms with Crippen LogP contribution in [0.3, 0.4) is 0 Å². The third kappa shape index (κ3) is 4.33. The third-order valence-electron chi connectivity index (χ3n) is 4.02. The van der Waals surface area contributed by atoms with Crippen molar-refractivity contribution in [2.24, 2.45) is 0 Å². The van der Waals surface area contributed by atoms with Gasteiger partial charge in [0.25, 0.3) is 11.8 Å². The average molecular weight is 359 g/mol. The number of amides is 2. The molecule has 7 nitrogen and oxygen atoms in total. The van der Waals surface area contributed by atoms with Crippen molar-refractivity contribution in [3.63, 3.8) is 0 Å². The maximum Gasteiger partial charge on any atom is 0.263 e. The van der Waals surface area contributed by atoms with Gasteiger partial charge in [-0.3, -0.25) is 9.59 Å². The summed E-state index contributed by atoms with van der Waals surface area (Å²) in [7, 11) is 0. The standard InChI is InChI=1S/C17H21N5O2S/c1-2-18-17-19-9-12(10-20-17)15(23)21-13-5-3-7-22(11-13)16(24)14-6-4-8-25-14/h4,6,8-10,13H,2-3,5,7,11H2,1H3,(H,21,23)(H,18,19,20)/t13-/m1/s1. The lowest BCUT2D eigenvalue weighted by molar-refractivity contribution is 0.0680. The highest BCUT2D eigenvalue weighted by atomic mass is 32.1. The van der Waals surface area contributed by atoms with Crippen molar-refractivity contribution in [1.29, 1.82) is 0 Å². The first-order valence-electron chi connectivity index (χ1n) is 8.37. The van der Waals surface area contributed by atoms with Gasteiger partial charge in [-0.25, -0.2) is 9.97 Å². The van der Waals surface area contributed by atoms with Crippen molar-refractivity contribution in [3.05, 3.63) is 40.3 Å². The zero-order valence-electron chi connectivity index (χ0n) is 14.1. The number of piperidine rings is 1. The van der Waals surface area contributed by atoms with Crippen LogP contribution >= 0.6 is 11.3 Å². The molecule has 0 radical (unpaired) electrons. The van der Waals surface area contributed by atoms with E-state index >= 15 is 0 Å². The van der Waals surface area contributed by atoms with E-state index in [0.717, 1.165) is 30.8 Å². The van der Waals surface area contributed by atoms with Crippen molar-refractivity contribution < 1.29 is 9.59 Å². The van der Waals surface area contributed by atoms with Crippen LogP contribution < -0.4 is 10.6 Å². The van der Waals surface area contributed by atoms with Crippen molar-refractivity contribution in [2.75, 3.05) is 25.0 Å². The lowest BCUT2D eigenvalue weighted by atomic mass is 10.0. The molecule has 132 valence electrons. The highest BCUT2D eigenvalue weighted by molar-refractivity contribution is 7.12. The molecule has 2 amide bonds. The van der Waals surface area contributed by atoms with Gasteiger partial charge in [-0.2, -0.15) is 0 Å². The first kappa shape index (κ1) is 17.3. The second-order valence-corrected chi connectivity index (χ2v) is 6.81. The number of carbonyl (C=O) groups excluding carboxylic acids is 2. The Balaban J connectivity index is 1.58. The highest BCUT2D eigenvalue weighted by Crippen LogP contribution is 2.17. The Bertz CT molecular complexity index is 717. The molecule has 1 saturated heterocycles. The maximum atomic E-state index is 12.5. The minimum Gasteiger partial charge on any atom is -0.355 e. The Morgan fingerprint density at radius 3 is 2.84 bits per heavy atom. The van der Waals surface area contributed by atoms with Gasteiger partial charge in [0.15, 0.2) is 0 Å². The predicted octanol–water partition coefficient (Wildman–Crippen LogP) is 2.00. The molecule has 0 bridgehead atoms. The van der Waals surface area contributed by atoms with E-state index in [-0.39, 0.29) is 17.9 Å². The molecule has 0 aromatic carbocycles. The van der Waals surface area contributed by atoms with E-state index in [9.17, 15) is 9.59 Å². The number of hydrogen-bond donors (Lipinski definition) is 2. The number of aromatic nitrogens is 2. The van der Waals surface area contributed by atoms with Gasteiger partial charge in [0.1, 0.15) is 0 Å². The van der Waals surface area contributed by atoms with Gasteiger partial charge in [-0.1, -0.05) is 6.07 Å². The molecule has 0 aliphatic carbocycles. The van der Waals surface area contributed by atoms with E-state index in [0.29, 0.717) is 18.1 Å². The smallest absolute Gasteiger partial charge is 0.263 e. The van der Waals surface area contributed by atoms with Crippen LogP contribution in [0.2, 0.25) is 0 Å². The molecule has 1 fully saturated rings. The Labute approximate surface area is 150 Å². The largest absolute Gasteiger partial charge is 0.355 e. The van der Waals surface area contributed by atoms with E-state index in [1.165, 1.54) is 23.7 Å². The number of hydrogen-bond acceptors (Lipinski definition) is 6. The summed E-state index contributed by atoms with van der Waals surface area (Å²) in [5.74, 6) is 0.329. The second-order valence-electron chi connectivity index (χ2n) is 5.87. The summed E-state index contributed by atoms with van der Waals surface area (Å²) in [6, 6.07) is 3.65. The lowest BCUT2D eigenvalue weighted by Crippen LogP contribution is -2.49. The molecule has 2 aromatic heterocycles. The number of thiophene rings is 1. The fraction of sp³-hybridized carbons (Fsp3) is 0.412. The number of likely N-dealkylation sites (tertiary alicyclic amines) is 1. The predicted molar refractivity (Wildman–Crippen MR) is 96.9 cm³/mol. The Morgan fingerprint density at radius 1 is 1.36 bits per heavy atom. The third-order valence-corrected chi connectivity index (χ3v) is 4.88. The fourth-order valence-corrected chi connectivity index (χ4v) is 3.49. The number of anilines is 1. The van der Waals surface area contributed by atoms with E-state index in [4.69, 9.17) is 0 Å². The van der Waals surface area contributed by atoms with Gasteiger partial charge in [0.2, 0.25) is 5.95 Å². The molecule has 3 rings (SSSR count). The zero-order valence-corrected chi connectivity index (χ0v) is 14.9. The van der Waals surface area contributed by atoms with E-state index < -0.39 is 0 Å². The van der Waals surface area contributed by atoms with Crippen molar-refractivity contribution in [3.8, 4) is 0 Å². The van der Waals surface area contributed by atoms with Crippen molar-refractivity contribution in [1.82, 2.24) is 20.2 Å². The van der Waals surface area contributed by atoms with E-state index in [1.54, 1.807) is 0 Å². The summed E-state index contributed by atoms with van der Waals surface area (Å²) in [6.45, 7) is 3.93. The maximum absolute atomic E-state index is 12.5. The van der Waals surface area contributed by atoms with Gasteiger partial charge in [-0.15, -0.1) is 11.3 Å². The fourth-order valence-electron chi connectivity index (χ4n) is 2.80. The molecule has 0 spiro atoms. The Kier molecular flexibility index (Phi) is 5.60. The molecule has 1 atom stereocenters. The van der Waals surface area contributed by atoms with E-state index in [1.807, 2.05) is 29.3 Å². The van der Waals surface area contributed by atoms with Gasteiger partial charge in [0.05, 0.1) is 10.4 Å². The number of nitrogens with one attached hydrogen (secondary N) is 2. The highest BCUT2D eigenvalue weighted by Gasteiger charge is 2.26. The van der Waals surface area contributed by atoms with Crippen LogP contribution in [-0.2, 0) is 0 Å². The molecule has 1 aliphatic rings. The summed E-state index contributed by atoms with van der Waals surface area (Å²) in [5.41, 5.74) is 0.420. The first-order valence-corrected chi connectivity index (χ1v) is 9.25. The molecule has 3 heterocycles. The first-order chi connectivity index (χ1) is 12.2. The summed E-state index contributed by atoms with van der Waals surface area (Å²) >= 11 is 1.44. The molecular formula is C17H21N5O2S. The topological polar surface area (TPSA) is 87.2 Å². The van der Waals surface area contributed by atoms with Crippen molar-refractivity contribution >= 4 is 29.1 Å².